The van der Waals surface area contributed by atoms with E-state index in [1.54, 1.807) is 12.3 Å². The Morgan fingerprint density at radius 2 is 2.09 bits per heavy atom. The molecule has 0 spiro atoms. The molecule has 3 rings (SSSR count). The van der Waals surface area contributed by atoms with Gasteiger partial charge >= 0.3 is 0 Å². The highest BCUT2D eigenvalue weighted by Gasteiger charge is 2.17. The predicted octanol–water partition coefficient (Wildman–Crippen LogP) is 3.30. The molecule has 0 atom stereocenters. The van der Waals surface area contributed by atoms with Crippen LogP contribution in [0.2, 0.25) is 0 Å². The zero-order valence-electron chi connectivity index (χ0n) is 12.3. The molecular weight excluding hydrogens is 276 g/mol. The second-order valence-corrected chi connectivity index (χ2v) is 5.09. The van der Waals surface area contributed by atoms with Crippen LogP contribution in [-0.4, -0.2) is 21.0 Å². The summed E-state index contributed by atoms with van der Waals surface area (Å²) in [5, 5.41) is 17.1. The van der Waals surface area contributed by atoms with Gasteiger partial charge in [0.05, 0.1) is 5.69 Å². The molecule has 0 fully saturated rings. The van der Waals surface area contributed by atoms with Gasteiger partial charge in [0.1, 0.15) is 11.6 Å². The summed E-state index contributed by atoms with van der Waals surface area (Å²) in [4.78, 5) is 15.7. The highest BCUT2D eigenvalue weighted by Crippen LogP contribution is 2.22. The van der Waals surface area contributed by atoms with Gasteiger partial charge in [0.15, 0.2) is 0 Å². The minimum atomic E-state index is -0.292. The molecule has 2 N–H and O–H groups in total. The van der Waals surface area contributed by atoms with Crippen LogP contribution in [0.1, 0.15) is 27.3 Å². The van der Waals surface area contributed by atoms with Crippen molar-refractivity contribution < 1.29 is 4.79 Å². The summed E-state index contributed by atoms with van der Waals surface area (Å²) >= 11 is 0. The van der Waals surface area contributed by atoms with Gasteiger partial charge in [-0.2, -0.15) is 10.4 Å². The fraction of sp³-hybridized carbons (Fsp3) is 0.118. The van der Waals surface area contributed by atoms with E-state index in [0.717, 1.165) is 27.9 Å². The van der Waals surface area contributed by atoms with Crippen LogP contribution in [0.3, 0.4) is 0 Å². The van der Waals surface area contributed by atoms with Crippen LogP contribution in [0.5, 0.6) is 0 Å². The van der Waals surface area contributed by atoms with Crippen molar-refractivity contribution >= 4 is 22.8 Å². The molecule has 22 heavy (non-hydrogen) atoms. The lowest BCUT2D eigenvalue weighted by Crippen LogP contribution is -2.01. The minimum absolute atomic E-state index is 0.0948. The van der Waals surface area contributed by atoms with Crippen molar-refractivity contribution in [1.82, 2.24) is 15.2 Å². The van der Waals surface area contributed by atoms with Gasteiger partial charge in [0, 0.05) is 33.9 Å². The molecule has 1 aromatic carbocycles. The van der Waals surface area contributed by atoms with Crippen molar-refractivity contribution in [3.63, 3.8) is 0 Å². The number of nitrogens with one attached hydrogen (secondary N) is 2. The number of H-pyrrole nitrogens is 2. The largest absolute Gasteiger partial charge is 0.360 e. The van der Waals surface area contributed by atoms with Gasteiger partial charge in [0.25, 0.3) is 0 Å². The fourth-order valence-electron chi connectivity index (χ4n) is 2.47. The fourth-order valence-corrected chi connectivity index (χ4v) is 2.47. The molecule has 0 bridgehead atoms. The number of benzene rings is 1. The number of ketones is 1. The van der Waals surface area contributed by atoms with Crippen molar-refractivity contribution in [2.24, 2.45) is 0 Å². The molecule has 5 nitrogen and oxygen atoms in total. The summed E-state index contributed by atoms with van der Waals surface area (Å²) in [5.74, 6) is -0.292. The number of aromatic amines is 2. The highest BCUT2D eigenvalue weighted by atomic mass is 16.1. The summed E-state index contributed by atoms with van der Waals surface area (Å²) in [6.07, 6.45) is 3.24. The Bertz CT molecular complexity index is 918. The first-order chi connectivity index (χ1) is 10.6. The van der Waals surface area contributed by atoms with Crippen LogP contribution >= 0.6 is 0 Å². The van der Waals surface area contributed by atoms with E-state index in [9.17, 15) is 10.1 Å². The normalized spacial score (nSPS) is 11.6. The summed E-state index contributed by atoms with van der Waals surface area (Å²) in [5.41, 5.74) is 3.84. The summed E-state index contributed by atoms with van der Waals surface area (Å²) in [6.45, 7) is 3.69. The van der Waals surface area contributed by atoms with Crippen molar-refractivity contribution in [3.8, 4) is 6.07 Å². The first-order valence-corrected chi connectivity index (χ1v) is 6.86. The topological polar surface area (TPSA) is 85.3 Å². The van der Waals surface area contributed by atoms with Crippen molar-refractivity contribution in [1.29, 1.82) is 5.26 Å². The van der Waals surface area contributed by atoms with Crippen LogP contribution < -0.4 is 0 Å². The first-order valence-electron chi connectivity index (χ1n) is 6.86. The Hall–Kier alpha value is -3.13. The number of hydrogen-bond donors (Lipinski definition) is 2. The number of nitriles is 1. The Morgan fingerprint density at radius 1 is 1.32 bits per heavy atom. The summed E-state index contributed by atoms with van der Waals surface area (Å²) in [6, 6.07) is 9.53. The molecule has 0 aliphatic heterocycles. The van der Waals surface area contributed by atoms with Crippen LogP contribution in [-0.2, 0) is 0 Å². The molecule has 0 amide bonds. The zero-order valence-corrected chi connectivity index (χ0v) is 12.3. The maximum atomic E-state index is 12.7. The van der Waals surface area contributed by atoms with E-state index in [-0.39, 0.29) is 11.4 Å². The first kappa shape index (κ1) is 13.8. The van der Waals surface area contributed by atoms with E-state index < -0.39 is 0 Å². The van der Waals surface area contributed by atoms with Gasteiger partial charge in [0.2, 0.25) is 5.78 Å². The lowest BCUT2D eigenvalue weighted by atomic mass is 10.0. The minimum Gasteiger partial charge on any atom is -0.360 e. The smallest absolute Gasteiger partial charge is 0.205 e. The standard InChI is InChI=1S/C17H14N4O/c1-10-14(11(2)21-20-10)7-12(8-18)17(22)15-9-19-16-6-4-3-5-13(15)16/h3-7,9,19H,1-2H3,(H,20,21)/b12-7-. The molecule has 5 heteroatoms. The number of hydrogen-bond acceptors (Lipinski definition) is 3. The SMILES string of the molecule is Cc1n[nH]c(C)c1/C=C(/C#N)C(=O)c1c[nH]c2ccccc12. The number of para-hydroxylation sites is 1. The molecule has 2 heterocycles. The number of rotatable bonds is 3. The Balaban J connectivity index is 2.08. The third-order valence-electron chi connectivity index (χ3n) is 3.67. The van der Waals surface area contributed by atoms with Crippen molar-refractivity contribution in [3.05, 3.63) is 58.6 Å². The number of carbonyl (C=O) groups is 1. The molecule has 0 aliphatic carbocycles. The van der Waals surface area contributed by atoms with E-state index in [4.69, 9.17) is 0 Å². The van der Waals surface area contributed by atoms with Gasteiger partial charge in [-0.1, -0.05) is 18.2 Å². The lowest BCUT2D eigenvalue weighted by molar-refractivity contribution is 0.104. The Labute approximate surface area is 127 Å². The summed E-state index contributed by atoms with van der Waals surface area (Å²) in [7, 11) is 0. The molecule has 0 unspecified atom stereocenters. The van der Waals surface area contributed by atoms with Gasteiger partial charge in [-0.05, 0) is 26.0 Å². The van der Waals surface area contributed by atoms with E-state index in [2.05, 4.69) is 15.2 Å². The number of carbonyl (C=O) groups excluding carboxylic acids is 1. The second-order valence-electron chi connectivity index (χ2n) is 5.09. The Kier molecular flexibility index (Phi) is 3.36. The van der Waals surface area contributed by atoms with Crippen LogP contribution in [0, 0.1) is 25.2 Å². The maximum absolute atomic E-state index is 12.7. The van der Waals surface area contributed by atoms with Gasteiger partial charge in [-0.15, -0.1) is 0 Å². The number of fused-ring (bicyclic) bond motifs is 1. The molecular formula is C17H14N4O. The van der Waals surface area contributed by atoms with Crippen molar-refractivity contribution in [2.75, 3.05) is 0 Å². The average molecular weight is 290 g/mol. The van der Waals surface area contributed by atoms with E-state index in [1.807, 2.05) is 44.2 Å². The van der Waals surface area contributed by atoms with Crippen LogP contribution in [0.15, 0.2) is 36.0 Å². The average Bonchev–Trinajstić information content (AvgIpc) is 3.09. The molecule has 0 saturated heterocycles. The third kappa shape index (κ3) is 2.21. The number of aryl methyl sites for hydroxylation is 2. The predicted molar refractivity (Wildman–Crippen MR) is 84.3 cm³/mol. The molecule has 108 valence electrons. The van der Waals surface area contributed by atoms with Crippen molar-refractivity contribution in [2.45, 2.75) is 13.8 Å². The van der Waals surface area contributed by atoms with E-state index >= 15 is 0 Å². The zero-order chi connectivity index (χ0) is 15.7. The molecule has 0 saturated carbocycles. The molecule has 2 aromatic heterocycles. The van der Waals surface area contributed by atoms with Crippen LogP contribution in [0.25, 0.3) is 17.0 Å². The molecule has 0 aliphatic rings. The lowest BCUT2D eigenvalue weighted by Gasteiger charge is -1.99. The highest BCUT2D eigenvalue weighted by molar-refractivity contribution is 6.19. The quantitative estimate of drug-likeness (QED) is 0.441. The molecule has 3 aromatic rings. The second kappa shape index (κ2) is 5.34. The maximum Gasteiger partial charge on any atom is 0.205 e. The monoisotopic (exact) mass is 290 g/mol. The van der Waals surface area contributed by atoms with Gasteiger partial charge in [-0.25, -0.2) is 0 Å². The Morgan fingerprint density at radius 3 is 2.77 bits per heavy atom. The van der Waals surface area contributed by atoms with Crippen LogP contribution in [0.4, 0.5) is 0 Å². The number of nitrogens with zero attached hydrogens (tertiary/aromatic N) is 2. The number of allylic oxidation sites excluding steroid dienone is 1. The van der Waals surface area contributed by atoms with E-state index in [0.29, 0.717) is 5.56 Å². The number of Topliss-reactive ketones (excluding diaryl/α,β-unsaturated/α-hetero) is 1. The van der Waals surface area contributed by atoms with Gasteiger partial charge in [-0.3, -0.25) is 9.89 Å². The third-order valence-corrected chi connectivity index (χ3v) is 3.67. The molecule has 0 radical (unpaired) electrons. The number of aromatic nitrogens is 3. The van der Waals surface area contributed by atoms with E-state index in [1.165, 1.54) is 0 Å². The summed E-state index contributed by atoms with van der Waals surface area (Å²) < 4.78 is 0. The van der Waals surface area contributed by atoms with Gasteiger partial charge < -0.3 is 4.98 Å².